The number of ether oxygens (including phenoxy) is 3. The fourth-order valence-electron chi connectivity index (χ4n) is 4.60. The zero-order chi connectivity index (χ0) is 36.1. The lowest BCUT2D eigenvalue weighted by Gasteiger charge is -2.20. The van der Waals surface area contributed by atoms with E-state index >= 15 is 0 Å². The van der Waals surface area contributed by atoms with Crippen LogP contribution in [-0.2, 0) is 44.0 Å². The van der Waals surface area contributed by atoms with Gasteiger partial charge in [-0.3, -0.25) is 18.9 Å². The molecule has 2 aromatic carbocycles. The van der Waals surface area contributed by atoms with Crippen LogP contribution >= 0.6 is 7.60 Å². The molecule has 0 aliphatic carbocycles. The van der Waals surface area contributed by atoms with Crippen molar-refractivity contribution in [2.24, 2.45) is 11.7 Å². The van der Waals surface area contributed by atoms with Crippen molar-refractivity contribution in [3.63, 3.8) is 0 Å². The highest BCUT2D eigenvalue weighted by molar-refractivity contribution is 7.53. The highest BCUT2D eigenvalue weighted by Gasteiger charge is 2.27. The molecule has 0 bridgehead atoms. The van der Waals surface area contributed by atoms with Crippen LogP contribution < -0.4 is 11.5 Å². The van der Waals surface area contributed by atoms with E-state index < -0.39 is 37.8 Å². The van der Waals surface area contributed by atoms with Crippen LogP contribution in [0.15, 0.2) is 67.3 Å². The number of carbonyl (C=O) groups excluding carboxylic acids is 3. The summed E-state index contributed by atoms with van der Waals surface area (Å²) in [4.78, 5) is 50.1. The lowest BCUT2D eigenvalue weighted by Crippen LogP contribution is -2.37. The maximum Gasteiger partial charge on any atom is 0.356 e. The second-order valence-corrected chi connectivity index (χ2v) is 13.7. The summed E-state index contributed by atoms with van der Waals surface area (Å²) in [5, 5.41) is 0. The molecule has 0 amide bonds. The Labute approximate surface area is 290 Å². The highest BCUT2D eigenvalue weighted by atomic mass is 31.2. The van der Waals surface area contributed by atoms with Crippen molar-refractivity contribution in [3.05, 3.63) is 83.9 Å². The minimum absolute atomic E-state index is 0.0178. The summed E-state index contributed by atoms with van der Waals surface area (Å²) in [6.07, 6.45) is 2.69. The number of nitrogen functional groups attached to an aromatic ring is 1. The number of nitrogens with two attached hydrogens (primary N) is 2. The smallest absolute Gasteiger partial charge is 0.356 e. The first-order chi connectivity index (χ1) is 24.0. The van der Waals surface area contributed by atoms with E-state index in [2.05, 4.69) is 15.0 Å². The van der Waals surface area contributed by atoms with Crippen molar-refractivity contribution in [3.8, 4) is 0 Å². The Kier molecular flexibility index (Phi) is 14.1. The molecule has 0 spiro atoms. The van der Waals surface area contributed by atoms with Crippen molar-refractivity contribution in [1.29, 1.82) is 0 Å². The van der Waals surface area contributed by atoms with Crippen molar-refractivity contribution >= 4 is 42.3 Å². The van der Waals surface area contributed by atoms with Crippen LogP contribution in [0.3, 0.4) is 0 Å². The number of nitrogens with zero attached hydrogens (tertiary/aromatic N) is 4. The molecule has 4 N–H and O–H groups in total. The molecule has 50 heavy (non-hydrogen) atoms. The first kappa shape index (κ1) is 38.3. The summed E-state index contributed by atoms with van der Waals surface area (Å²) in [5.41, 5.74) is 14.3. The van der Waals surface area contributed by atoms with E-state index in [1.165, 1.54) is 6.33 Å². The molecule has 0 radical (unpaired) electrons. The van der Waals surface area contributed by atoms with Crippen LogP contribution in [0.2, 0.25) is 0 Å². The Morgan fingerprint density at radius 2 is 1.56 bits per heavy atom. The van der Waals surface area contributed by atoms with Gasteiger partial charge in [0.25, 0.3) is 0 Å². The number of esters is 2. The Morgan fingerprint density at radius 3 is 2.32 bits per heavy atom. The molecule has 0 saturated heterocycles. The standard InChI is InChI=1S/C34H43N6O9P/c1-23(2)28(35)34(43)47-17-18-49-50(44,22-45-16-13-40-21-39-29-31(36)37-20-38-32(29)40)48-15-8-14-46-33(42)24(3)26-11-7-12-27(19-26)30(41)25-9-5-4-6-10-25/h4-7,9-12,19-21,23-24,28H,8,13-18,22,35H2,1-3H3,(H2,36,37,38)/t24?,28-,50?/m0/s1. The van der Waals surface area contributed by atoms with Gasteiger partial charge in [0.05, 0.1) is 38.7 Å². The molecule has 0 aliphatic rings. The summed E-state index contributed by atoms with van der Waals surface area (Å²) < 4.78 is 42.7. The second kappa shape index (κ2) is 18.5. The molecule has 2 aromatic heterocycles. The zero-order valence-corrected chi connectivity index (χ0v) is 29.2. The maximum absolute atomic E-state index is 13.6. The van der Waals surface area contributed by atoms with Crippen molar-refractivity contribution in [2.75, 3.05) is 45.1 Å². The quantitative estimate of drug-likeness (QED) is 0.0573. The van der Waals surface area contributed by atoms with Gasteiger partial charge in [0.1, 0.15) is 30.8 Å². The Bertz CT molecular complexity index is 1790. The molecule has 0 fully saturated rings. The molecule has 268 valence electrons. The maximum atomic E-state index is 13.6. The third kappa shape index (κ3) is 10.7. The van der Waals surface area contributed by atoms with E-state index in [-0.39, 0.29) is 57.0 Å². The zero-order valence-electron chi connectivity index (χ0n) is 28.3. The van der Waals surface area contributed by atoms with Crippen molar-refractivity contribution in [2.45, 2.75) is 45.7 Å². The normalized spacial score (nSPS) is 13.9. The topological polar surface area (TPSA) is 210 Å². The number of hydrogen-bond acceptors (Lipinski definition) is 14. The van der Waals surface area contributed by atoms with Gasteiger partial charge in [0, 0.05) is 24.1 Å². The molecule has 3 atom stereocenters. The number of imidazole rings is 1. The predicted molar refractivity (Wildman–Crippen MR) is 184 cm³/mol. The number of hydrogen-bond donors (Lipinski definition) is 2. The minimum Gasteiger partial charge on any atom is -0.465 e. The molecular weight excluding hydrogens is 667 g/mol. The van der Waals surface area contributed by atoms with Gasteiger partial charge in [0.2, 0.25) is 0 Å². The van der Waals surface area contributed by atoms with Crippen LogP contribution in [0, 0.1) is 5.92 Å². The Hall–Kier alpha value is -4.53. The number of carbonyl (C=O) groups is 3. The molecule has 2 unspecified atom stereocenters. The number of rotatable bonds is 20. The second-order valence-electron chi connectivity index (χ2n) is 11.7. The lowest BCUT2D eigenvalue weighted by molar-refractivity contribution is -0.147. The van der Waals surface area contributed by atoms with Gasteiger partial charge >= 0.3 is 19.5 Å². The van der Waals surface area contributed by atoms with E-state index in [9.17, 15) is 18.9 Å². The van der Waals surface area contributed by atoms with E-state index in [0.29, 0.717) is 34.4 Å². The van der Waals surface area contributed by atoms with Gasteiger partial charge in [-0.25, -0.2) is 15.0 Å². The van der Waals surface area contributed by atoms with Gasteiger partial charge < -0.3 is 39.3 Å². The number of fused-ring (bicyclic) bond motifs is 1. The van der Waals surface area contributed by atoms with Gasteiger partial charge in [0.15, 0.2) is 17.2 Å². The number of ketones is 1. The van der Waals surface area contributed by atoms with E-state index in [1.54, 1.807) is 80.2 Å². The SMILES string of the molecule is CC(C(=O)OCCCOP(=O)(COCCn1cnc2c(N)ncnc21)OCCOC(=O)[C@@H](N)C(C)C)c1cccc(C(=O)c2ccccc2)c1. The van der Waals surface area contributed by atoms with Crippen LogP contribution in [-0.4, -0.2) is 82.7 Å². The van der Waals surface area contributed by atoms with Gasteiger partial charge in [-0.1, -0.05) is 62.4 Å². The fourth-order valence-corrected chi connectivity index (χ4v) is 5.94. The first-order valence-electron chi connectivity index (χ1n) is 16.1. The van der Waals surface area contributed by atoms with Gasteiger partial charge in [-0.2, -0.15) is 0 Å². The summed E-state index contributed by atoms with van der Waals surface area (Å²) >= 11 is 0. The Balaban J connectivity index is 1.26. The van der Waals surface area contributed by atoms with Crippen LogP contribution in [0.1, 0.15) is 54.6 Å². The largest absolute Gasteiger partial charge is 0.465 e. The molecule has 15 nitrogen and oxygen atoms in total. The lowest BCUT2D eigenvalue weighted by atomic mass is 9.96. The van der Waals surface area contributed by atoms with Gasteiger partial charge in [-0.15, -0.1) is 0 Å². The molecule has 0 aliphatic heterocycles. The molecule has 4 rings (SSSR count). The summed E-state index contributed by atoms with van der Waals surface area (Å²) in [6, 6.07) is 15.0. The number of aromatic nitrogens is 4. The third-order valence-electron chi connectivity index (χ3n) is 7.62. The predicted octanol–water partition coefficient (Wildman–Crippen LogP) is 4.10. The summed E-state index contributed by atoms with van der Waals surface area (Å²) in [5.74, 6) is -1.73. The average Bonchev–Trinajstić information content (AvgIpc) is 3.55. The summed E-state index contributed by atoms with van der Waals surface area (Å²) in [7, 11) is -3.84. The van der Waals surface area contributed by atoms with Crippen LogP contribution in [0.25, 0.3) is 11.2 Å². The highest BCUT2D eigenvalue weighted by Crippen LogP contribution is 2.48. The molecule has 0 saturated carbocycles. The van der Waals surface area contributed by atoms with Crippen LogP contribution in [0.5, 0.6) is 0 Å². The van der Waals surface area contributed by atoms with E-state index in [1.807, 2.05) is 6.07 Å². The molecular formula is C34H43N6O9P. The number of anilines is 1. The van der Waals surface area contributed by atoms with E-state index in [4.69, 9.17) is 34.7 Å². The molecule has 2 heterocycles. The summed E-state index contributed by atoms with van der Waals surface area (Å²) in [6.45, 7) is 5.19. The van der Waals surface area contributed by atoms with E-state index in [0.717, 1.165) is 0 Å². The molecule has 4 aromatic rings. The van der Waals surface area contributed by atoms with Crippen molar-refractivity contribution in [1.82, 2.24) is 19.5 Å². The Morgan fingerprint density at radius 1 is 0.840 bits per heavy atom. The first-order valence-corrected chi connectivity index (χ1v) is 17.9. The van der Waals surface area contributed by atoms with Crippen LogP contribution in [0.4, 0.5) is 5.82 Å². The monoisotopic (exact) mass is 710 g/mol. The van der Waals surface area contributed by atoms with Gasteiger partial charge in [-0.05, 0) is 24.5 Å². The third-order valence-corrected chi connectivity index (χ3v) is 9.27. The average molecular weight is 711 g/mol. The fraction of sp³-hybridized carbons (Fsp3) is 0.412. The number of benzene rings is 2. The minimum atomic E-state index is -3.84. The van der Waals surface area contributed by atoms with Crippen molar-refractivity contribution < 1.29 is 42.2 Å². The molecule has 16 heteroatoms.